The third kappa shape index (κ3) is 5.41. The summed E-state index contributed by atoms with van der Waals surface area (Å²) in [5.41, 5.74) is 8.86. The number of furan rings is 2. The third-order valence-corrected chi connectivity index (χ3v) is 13.8. The van der Waals surface area contributed by atoms with Gasteiger partial charge in [0.25, 0.3) is 0 Å². The molecular formula is C61H34N4O2. The van der Waals surface area contributed by atoms with Gasteiger partial charge >= 0.3 is 0 Å². The number of fused-ring (bicyclic) bond motifs is 14. The standard InChI is InChI=1S/C61H34N4O2/c1-3-16-39-30-52-48(28-37(39)14-1)46-27-24-36-13-6-8-20-43(36)58(46)65(52)53-33-50-49-29-38-15-2-4-17-40(38)31-56(49)67-57(50)34-51(53)61-63-59(41-25-26-45-44-21-9-10-23-54(44)66-55(45)32-41)62-60(64-61)47-22-11-18-35-12-5-7-19-42(35)47/h1-34H. The van der Waals surface area contributed by atoms with Crippen molar-refractivity contribution in [3.8, 4) is 39.9 Å². The fraction of sp³-hybridized carbons (Fsp3) is 0. The minimum atomic E-state index is 0.524. The van der Waals surface area contributed by atoms with Gasteiger partial charge in [-0.1, -0.05) is 152 Å². The van der Waals surface area contributed by atoms with E-state index in [2.05, 4.69) is 193 Å². The molecule has 0 aliphatic carbocycles. The van der Waals surface area contributed by atoms with Crippen LogP contribution < -0.4 is 0 Å². The van der Waals surface area contributed by atoms with Crippen LogP contribution in [0.15, 0.2) is 215 Å². The minimum absolute atomic E-state index is 0.524. The monoisotopic (exact) mass is 854 g/mol. The molecule has 4 aromatic heterocycles. The van der Waals surface area contributed by atoms with Crippen LogP contribution in [0.25, 0.3) is 149 Å². The molecule has 0 radical (unpaired) electrons. The molecule has 0 fully saturated rings. The van der Waals surface area contributed by atoms with E-state index in [0.29, 0.717) is 17.5 Å². The predicted molar refractivity (Wildman–Crippen MR) is 275 cm³/mol. The Morgan fingerprint density at radius 1 is 0.299 bits per heavy atom. The fourth-order valence-electron chi connectivity index (χ4n) is 10.6. The van der Waals surface area contributed by atoms with Crippen molar-refractivity contribution < 1.29 is 8.83 Å². The van der Waals surface area contributed by atoms with Crippen molar-refractivity contribution in [1.82, 2.24) is 19.5 Å². The molecule has 6 nitrogen and oxygen atoms in total. The van der Waals surface area contributed by atoms with Gasteiger partial charge in [-0.05, 0) is 92.3 Å². The van der Waals surface area contributed by atoms with Gasteiger partial charge in [-0.2, -0.15) is 0 Å². The number of hydrogen-bond acceptors (Lipinski definition) is 5. The Morgan fingerprint density at radius 2 is 0.836 bits per heavy atom. The first-order valence-electron chi connectivity index (χ1n) is 22.6. The van der Waals surface area contributed by atoms with E-state index in [1.165, 1.54) is 16.2 Å². The van der Waals surface area contributed by atoms with Crippen molar-refractivity contribution in [3.05, 3.63) is 206 Å². The molecule has 4 heterocycles. The topological polar surface area (TPSA) is 69.9 Å². The van der Waals surface area contributed by atoms with Crippen LogP contribution in [-0.4, -0.2) is 19.5 Å². The normalized spacial score (nSPS) is 12.2. The number of nitrogens with zero attached hydrogens (tertiary/aromatic N) is 4. The van der Waals surface area contributed by atoms with Gasteiger partial charge in [0.05, 0.1) is 16.7 Å². The second-order valence-electron chi connectivity index (χ2n) is 17.5. The highest BCUT2D eigenvalue weighted by Crippen LogP contribution is 2.44. The minimum Gasteiger partial charge on any atom is -0.456 e. The summed E-state index contributed by atoms with van der Waals surface area (Å²) in [6, 6.07) is 72.9. The average molecular weight is 855 g/mol. The highest BCUT2D eigenvalue weighted by molar-refractivity contribution is 6.22. The van der Waals surface area contributed by atoms with Crippen molar-refractivity contribution >= 4 is 109 Å². The van der Waals surface area contributed by atoms with E-state index in [1.807, 2.05) is 18.2 Å². The maximum atomic E-state index is 6.87. The summed E-state index contributed by atoms with van der Waals surface area (Å²) in [5, 5.41) is 15.6. The SMILES string of the molecule is c1ccc2cc3c(cc2c1)oc1cc(-c2nc(-c4ccc5c(c4)oc4ccccc45)nc(-c4cccc5ccccc45)n2)c(-n2c4cc5ccccc5cc4c4ccc5ccccc5c42)cc13. The molecule has 15 aromatic rings. The first-order valence-corrected chi connectivity index (χ1v) is 22.6. The van der Waals surface area contributed by atoms with Crippen LogP contribution >= 0.6 is 0 Å². The number of hydrogen-bond donors (Lipinski definition) is 0. The molecule has 11 aromatic carbocycles. The Kier molecular flexibility index (Phi) is 7.40. The molecule has 6 heteroatoms. The zero-order valence-electron chi connectivity index (χ0n) is 35.7. The predicted octanol–water partition coefficient (Wildman–Crippen LogP) is 16.4. The first kappa shape index (κ1) is 36.2. The van der Waals surface area contributed by atoms with Crippen LogP contribution in [-0.2, 0) is 0 Å². The summed E-state index contributed by atoms with van der Waals surface area (Å²) in [6.07, 6.45) is 0. The Morgan fingerprint density at radius 3 is 1.64 bits per heavy atom. The first-order chi connectivity index (χ1) is 33.2. The quantitative estimate of drug-likeness (QED) is 0.176. The summed E-state index contributed by atoms with van der Waals surface area (Å²) >= 11 is 0. The highest BCUT2D eigenvalue weighted by Gasteiger charge is 2.24. The van der Waals surface area contributed by atoms with E-state index in [9.17, 15) is 0 Å². The second kappa shape index (κ2) is 13.7. The van der Waals surface area contributed by atoms with Crippen molar-refractivity contribution in [2.24, 2.45) is 0 Å². The Labute approximate surface area is 381 Å². The lowest BCUT2D eigenvalue weighted by atomic mass is 10.0. The molecule has 0 aliphatic heterocycles. The van der Waals surface area contributed by atoms with Crippen molar-refractivity contribution in [2.75, 3.05) is 0 Å². The van der Waals surface area contributed by atoms with Crippen molar-refractivity contribution in [1.29, 1.82) is 0 Å². The van der Waals surface area contributed by atoms with E-state index in [4.69, 9.17) is 23.8 Å². The van der Waals surface area contributed by atoms with E-state index < -0.39 is 0 Å². The Hall–Kier alpha value is -9.13. The largest absolute Gasteiger partial charge is 0.456 e. The molecule has 0 saturated heterocycles. The summed E-state index contributed by atoms with van der Waals surface area (Å²) in [4.78, 5) is 16.3. The molecule has 15 rings (SSSR count). The zero-order valence-corrected chi connectivity index (χ0v) is 35.7. The van der Waals surface area contributed by atoms with Crippen LogP contribution in [0, 0.1) is 0 Å². The van der Waals surface area contributed by atoms with E-state index >= 15 is 0 Å². The highest BCUT2D eigenvalue weighted by atomic mass is 16.3. The van der Waals surface area contributed by atoms with Gasteiger partial charge in [0, 0.05) is 54.4 Å². The van der Waals surface area contributed by atoms with Crippen LogP contribution in [0.4, 0.5) is 0 Å². The maximum absolute atomic E-state index is 6.87. The molecule has 0 amide bonds. The molecule has 67 heavy (non-hydrogen) atoms. The fourth-order valence-corrected chi connectivity index (χ4v) is 10.6. The third-order valence-electron chi connectivity index (χ3n) is 13.8. The summed E-state index contributed by atoms with van der Waals surface area (Å²) in [7, 11) is 0. The number of aromatic nitrogens is 4. The molecule has 0 atom stereocenters. The Balaban J connectivity index is 1.09. The lowest BCUT2D eigenvalue weighted by Gasteiger charge is -2.16. The maximum Gasteiger partial charge on any atom is 0.166 e. The van der Waals surface area contributed by atoms with E-state index in [1.54, 1.807) is 0 Å². The summed E-state index contributed by atoms with van der Waals surface area (Å²) < 4.78 is 15.7. The molecule has 0 unspecified atom stereocenters. The van der Waals surface area contributed by atoms with Gasteiger partial charge in [-0.3, -0.25) is 0 Å². The molecule has 0 spiro atoms. The van der Waals surface area contributed by atoms with Gasteiger partial charge < -0.3 is 13.4 Å². The molecule has 0 N–H and O–H groups in total. The van der Waals surface area contributed by atoms with Gasteiger partial charge in [0.2, 0.25) is 0 Å². The van der Waals surface area contributed by atoms with Crippen molar-refractivity contribution in [3.63, 3.8) is 0 Å². The summed E-state index contributed by atoms with van der Waals surface area (Å²) in [5.74, 6) is 1.63. The van der Waals surface area contributed by atoms with Crippen LogP contribution in [0.2, 0.25) is 0 Å². The van der Waals surface area contributed by atoms with Crippen LogP contribution in [0.1, 0.15) is 0 Å². The molecule has 0 saturated carbocycles. The van der Waals surface area contributed by atoms with Gasteiger partial charge in [0.15, 0.2) is 17.5 Å². The van der Waals surface area contributed by atoms with E-state index in [-0.39, 0.29) is 0 Å². The molecule has 310 valence electrons. The number of para-hydroxylation sites is 1. The number of rotatable bonds is 4. The smallest absolute Gasteiger partial charge is 0.166 e. The number of benzene rings is 11. The van der Waals surface area contributed by atoms with Crippen LogP contribution in [0.3, 0.4) is 0 Å². The van der Waals surface area contributed by atoms with Crippen LogP contribution in [0.5, 0.6) is 0 Å². The van der Waals surface area contributed by atoms with Gasteiger partial charge in [0.1, 0.15) is 22.3 Å². The lowest BCUT2D eigenvalue weighted by molar-refractivity contribution is 0.669. The average Bonchev–Trinajstić information content (AvgIpc) is 4.04. The molecule has 0 bridgehead atoms. The molecule has 0 aliphatic rings. The zero-order chi connectivity index (χ0) is 43.7. The van der Waals surface area contributed by atoms with Gasteiger partial charge in [-0.25, -0.2) is 15.0 Å². The van der Waals surface area contributed by atoms with Crippen molar-refractivity contribution in [2.45, 2.75) is 0 Å². The Bertz CT molecular complexity index is 4590. The second-order valence-corrected chi connectivity index (χ2v) is 17.5. The molecular weight excluding hydrogens is 821 g/mol. The lowest BCUT2D eigenvalue weighted by Crippen LogP contribution is -2.04. The summed E-state index contributed by atoms with van der Waals surface area (Å²) in [6.45, 7) is 0. The van der Waals surface area contributed by atoms with Gasteiger partial charge in [-0.15, -0.1) is 0 Å². The van der Waals surface area contributed by atoms with E-state index in [0.717, 1.165) is 115 Å².